The minimum Gasteiger partial charge on any atom is -0.492 e. The lowest BCUT2D eigenvalue weighted by molar-refractivity contribution is -0.144. The van der Waals surface area contributed by atoms with Gasteiger partial charge in [0.2, 0.25) is 5.92 Å². The number of hydrogen-bond acceptors (Lipinski definition) is 5. The molecule has 1 N–H and O–H groups in total. The maximum absolute atomic E-state index is 13.9. The van der Waals surface area contributed by atoms with Crippen LogP contribution in [-0.2, 0) is 11.0 Å². The number of fused-ring (bicyclic) bond motifs is 1. The van der Waals surface area contributed by atoms with E-state index in [0.717, 1.165) is 18.7 Å². The molecule has 1 aliphatic carbocycles. The Morgan fingerprint density at radius 2 is 1.72 bits per heavy atom. The summed E-state index contributed by atoms with van der Waals surface area (Å²) in [4.78, 5) is 13.9. The van der Waals surface area contributed by atoms with Crippen molar-refractivity contribution in [3.8, 4) is 5.75 Å². The first-order chi connectivity index (χ1) is 16.8. The van der Waals surface area contributed by atoms with Crippen molar-refractivity contribution >= 4 is 29.3 Å². The van der Waals surface area contributed by atoms with Gasteiger partial charge in [0, 0.05) is 25.2 Å². The van der Waals surface area contributed by atoms with E-state index in [4.69, 9.17) is 4.74 Å². The van der Waals surface area contributed by atoms with E-state index in [-0.39, 0.29) is 18.8 Å². The van der Waals surface area contributed by atoms with Gasteiger partial charge < -0.3 is 14.7 Å². The molecule has 1 fully saturated rings. The molecule has 198 valence electrons. The van der Waals surface area contributed by atoms with Crippen LogP contribution in [0.15, 0.2) is 47.4 Å². The lowest BCUT2D eigenvalue weighted by Gasteiger charge is -2.26. The summed E-state index contributed by atoms with van der Waals surface area (Å²) in [5, 5.41) is 9.32. The number of halogens is 5. The van der Waals surface area contributed by atoms with E-state index in [9.17, 15) is 31.9 Å². The lowest BCUT2D eigenvalue weighted by atomic mass is 10.1. The number of benzene rings is 2. The van der Waals surface area contributed by atoms with Crippen molar-refractivity contribution in [1.29, 1.82) is 0 Å². The molecule has 5 nitrogen and oxygen atoms in total. The molecule has 0 unspecified atom stereocenters. The number of hydrogen-bond donors (Lipinski definition) is 1. The summed E-state index contributed by atoms with van der Waals surface area (Å²) in [6, 6.07) is 11.8. The normalized spacial score (nSPS) is 17.4. The predicted octanol–water partition coefficient (Wildman–Crippen LogP) is 7.09. The van der Waals surface area contributed by atoms with Crippen molar-refractivity contribution in [3.05, 3.63) is 48.0 Å². The molecule has 0 bridgehead atoms. The summed E-state index contributed by atoms with van der Waals surface area (Å²) in [6.07, 6.45) is -3.87. The lowest BCUT2D eigenvalue weighted by Crippen LogP contribution is -2.25. The molecule has 2 aliphatic rings. The zero-order valence-electron chi connectivity index (χ0n) is 20.2. The summed E-state index contributed by atoms with van der Waals surface area (Å²) in [5.74, 6) is -3.82. The number of alkyl halides is 5. The van der Waals surface area contributed by atoms with Gasteiger partial charge in [-0.15, -0.1) is 0 Å². The Morgan fingerprint density at radius 1 is 1.11 bits per heavy atom. The predicted molar refractivity (Wildman–Crippen MR) is 129 cm³/mol. The highest BCUT2D eigenvalue weighted by molar-refractivity contribution is 7.97. The van der Waals surface area contributed by atoms with Crippen molar-refractivity contribution in [2.24, 2.45) is 5.41 Å². The number of carboxylic acid groups (broad SMARTS) is 1. The Morgan fingerprint density at radius 3 is 2.22 bits per heavy atom. The smallest absolute Gasteiger partial charge is 0.420 e. The van der Waals surface area contributed by atoms with Crippen molar-refractivity contribution in [3.63, 3.8) is 0 Å². The quantitative estimate of drug-likeness (QED) is 0.317. The number of carbonyl (C=O) groups is 1. The summed E-state index contributed by atoms with van der Waals surface area (Å²) in [6.45, 7) is 3.27. The van der Waals surface area contributed by atoms with Gasteiger partial charge in [-0.2, -0.15) is 13.2 Å². The molecule has 0 atom stereocenters. The van der Waals surface area contributed by atoms with Gasteiger partial charge in [-0.25, -0.2) is 13.1 Å². The van der Waals surface area contributed by atoms with Crippen molar-refractivity contribution in [1.82, 2.24) is 4.31 Å². The third-order valence-corrected chi connectivity index (χ3v) is 7.07. The van der Waals surface area contributed by atoms with E-state index < -0.39 is 29.0 Å². The van der Waals surface area contributed by atoms with Crippen LogP contribution in [0, 0.1) is 5.41 Å². The van der Waals surface area contributed by atoms with Gasteiger partial charge in [-0.3, -0.25) is 4.79 Å². The minimum atomic E-state index is -4.63. The van der Waals surface area contributed by atoms with E-state index in [2.05, 4.69) is 0 Å². The second kappa shape index (κ2) is 10.8. The Balaban J connectivity index is 0.000000538. The second-order valence-electron chi connectivity index (χ2n) is 9.04. The third-order valence-electron chi connectivity index (χ3n) is 6.05. The number of nitrogens with zero attached hydrogens (tertiary/aromatic N) is 2. The molecule has 36 heavy (non-hydrogen) atoms. The minimum absolute atomic E-state index is 0.0625. The molecular formula is C25H29F5N2O3S. The fourth-order valence-corrected chi connectivity index (χ4v) is 4.34. The van der Waals surface area contributed by atoms with Crippen LogP contribution in [0.3, 0.4) is 0 Å². The monoisotopic (exact) mass is 532 g/mol. The number of para-hydroxylation sites is 1. The molecule has 0 amide bonds. The zero-order chi connectivity index (χ0) is 26.7. The Bertz CT molecular complexity index is 1060. The van der Waals surface area contributed by atoms with Gasteiger partial charge in [0.15, 0.2) is 0 Å². The SMILES string of the molecule is CCC(C)(F)F.CN1CCN(c2ccccc2)c2cc(C(F)(F)F)c(OCC3(C(=O)O)CC3)cc2S1. The zero-order valence-corrected chi connectivity index (χ0v) is 21.1. The highest BCUT2D eigenvalue weighted by Gasteiger charge is 2.51. The highest BCUT2D eigenvalue weighted by atomic mass is 32.2. The molecule has 1 aliphatic heterocycles. The van der Waals surface area contributed by atoms with Gasteiger partial charge in [-0.1, -0.05) is 25.1 Å². The first-order valence-corrected chi connectivity index (χ1v) is 12.2. The molecule has 4 rings (SSSR count). The summed E-state index contributed by atoms with van der Waals surface area (Å²) in [5.41, 5.74) is -0.710. The number of anilines is 2. The van der Waals surface area contributed by atoms with Crippen LogP contribution in [-0.4, -0.2) is 48.0 Å². The van der Waals surface area contributed by atoms with Gasteiger partial charge >= 0.3 is 12.1 Å². The van der Waals surface area contributed by atoms with Crippen LogP contribution in [0.1, 0.15) is 38.7 Å². The topological polar surface area (TPSA) is 53.0 Å². The highest BCUT2D eigenvalue weighted by Crippen LogP contribution is 2.49. The number of aliphatic carboxylic acids is 1. The molecule has 2 aromatic carbocycles. The van der Waals surface area contributed by atoms with Crippen LogP contribution >= 0.6 is 11.9 Å². The molecule has 0 spiro atoms. The summed E-state index contributed by atoms with van der Waals surface area (Å²) in [7, 11) is 1.88. The summed E-state index contributed by atoms with van der Waals surface area (Å²) < 4.78 is 72.0. The molecule has 0 radical (unpaired) electrons. The first kappa shape index (κ1) is 28.0. The second-order valence-corrected chi connectivity index (χ2v) is 10.3. The Labute approximate surface area is 211 Å². The Kier molecular flexibility index (Phi) is 8.44. The molecule has 0 aromatic heterocycles. The Hall–Kier alpha value is -2.53. The van der Waals surface area contributed by atoms with E-state index >= 15 is 0 Å². The van der Waals surface area contributed by atoms with Gasteiger partial charge in [-0.05, 0) is 63.0 Å². The van der Waals surface area contributed by atoms with Crippen LogP contribution < -0.4 is 9.64 Å². The molecule has 0 saturated heterocycles. The average molecular weight is 533 g/mol. The van der Waals surface area contributed by atoms with Crippen molar-refractivity contribution < 1.29 is 36.6 Å². The molecule has 2 aromatic rings. The molecule has 1 saturated carbocycles. The number of ether oxygens (including phenoxy) is 1. The largest absolute Gasteiger partial charge is 0.492 e. The van der Waals surface area contributed by atoms with E-state index in [0.29, 0.717) is 36.5 Å². The molecular weight excluding hydrogens is 503 g/mol. The average Bonchev–Trinajstić information content (AvgIpc) is 3.61. The van der Waals surface area contributed by atoms with Crippen LogP contribution in [0.5, 0.6) is 5.75 Å². The molecule has 11 heteroatoms. The van der Waals surface area contributed by atoms with E-state index in [1.165, 1.54) is 24.9 Å². The fourth-order valence-electron chi connectivity index (χ4n) is 3.41. The third kappa shape index (κ3) is 7.03. The fraction of sp³-hybridized carbons (Fsp3) is 0.480. The van der Waals surface area contributed by atoms with E-state index in [1.54, 1.807) is 0 Å². The van der Waals surface area contributed by atoms with Gasteiger partial charge in [0.25, 0.3) is 0 Å². The maximum atomic E-state index is 13.9. The van der Waals surface area contributed by atoms with Crippen LogP contribution in [0.4, 0.5) is 33.3 Å². The number of rotatable bonds is 6. The number of carboxylic acids is 1. The molecule has 1 heterocycles. The van der Waals surface area contributed by atoms with E-state index in [1.807, 2.05) is 46.6 Å². The van der Waals surface area contributed by atoms with Crippen molar-refractivity contribution in [2.75, 3.05) is 31.6 Å². The van der Waals surface area contributed by atoms with Crippen LogP contribution in [0.2, 0.25) is 0 Å². The number of likely N-dealkylation sites (N-methyl/N-ethyl adjacent to an activating group) is 1. The van der Waals surface area contributed by atoms with Gasteiger partial charge in [0.1, 0.15) is 17.8 Å². The standard InChI is InChI=1S/C21H21F3N2O3S.C4H8F2/c1-25-9-10-26(14-5-3-2-4-6-14)16-11-15(21(22,23)24)17(12-18(16)30-25)29-13-20(7-8-20)19(27)28;1-3-4(2,5)6/h2-6,11-12H,7-10,13H2,1H3,(H,27,28);3H2,1-2H3. The van der Waals surface area contributed by atoms with Crippen molar-refractivity contribution in [2.45, 2.75) is 50.1 Å². The first-order valence-electron chi connectivity index (χ1n) is 11.5. The maximum Gasteiger partial charge on any atom is 0.420 e. The van der Waals surface area contributed by atoms with Crippen LogP contribution in [0.25, 0.3) is 0 Å². The van der Waals surface area contributed by atoms with Gasteiger partial charge in [0.05, 0.1) is 16.1 Å². The summed E-state index contributed by atoms with van der Waals surface area (Å²) >= 11 is 1.35.